The highest BCUT2D eigenvalue weighted by Gasteiger charge is 2.35. The van der Waals surface area contributed by atoms with Gasteiger partial charge in [-0.3, -0.25) is 9.79 Å². The fourth-order valence-electron chi connectivity index (χ4n) is 4.44. The molecule has 2 bridgehead atoms. The molecule has 0 saturated carbocycles. The summed E-state index contributed by atoms with van der Waals surface area (Å²) in [5.41, 5.74) is 5.15. The average molecular weight is 319 g/mol. The Balaban J connectivity index is 1.36. The van der Waals surface area contributed by atoms with Crippen LogP contribution in [-0.2, 0) is 4.79 Å². The first-order valence-corrected chi connectivity index (χ1v) is 8.90. The van der Waals surface area contributed by atoms with Gasteiger partial charge in [0.25, 0.3) is 5.91 Å². The van der Waals surface area contributed by atoms with Crippen LogP contribution in [-0.4, -0.2) is 42.2 Å². The number of fused-ring (bicyclic) bond motifs is 6. The summed E-state index contributed by atoms with van der Waals surface area (Å²) in [6.07, 6.45) is 7.21. The highest BCUT2D eigenvalue weighted by atomic mass is 16.1. The zero-order chi connectivity index (χ0) is 16.1. The molecule has 1 atom stereocenters. The molecule has 0 spiro atoms. The summed E-state index contributed by atoms with van der Waals surface area (Å²) in [5, 5.41) is 3.29. The van der Waals surface area contributed by atoms with Gasteiger partial charge < -0.3 is 10.2 Å². The fourth-order valence-corrected chi connectivity index (χ4v) is 4.44. The Kier molecular flexibility index (Phi) is 3.20. The molecule has 5 aliphatic rings. The van der Waals surface area contributed by atoms with Crippen molar-refractivity contribution in [2.45, 2.75) is 25.3 Å². The van der Waals surface area contributed by atoms with Crippen LogP contribution < -0.4 is 5.32 Å². The van der Waals surface area contributed by atoms with Gasteiger partial charge in [0.15, 0.2) is 0 Å². The van der Waals surface area contributed by atoms with Crippen LogP contribution in [0.3, 0.4) is 0 Å². The second-order valence-corrected chi connectivity index (χ2v) is 7.22. The molecule has 4 heteroatoms. The Morgan fingerprint density at radius 1 is 1.21 bits per heavy atom. The van der Waals surface area contributed by atoms with Crippen LogP contribution in [0.1, 0.15) is 24.8 Å². The molecule has 1 aromatic carbocycles. The number of aliphatic imine (C=N–C) groups is 1. The molecule has 1 amide bonds. The van der Waals surface area contributed by atoms with E-state index in [0.717, 1.165) is 41.1 Å². The van der Waals surface area contributed by atoms with Crippen molar-refractivity contribution in [3.63, 3.8) is 0 Å². The van der Waals surface area contributed by atoms with Crippen molar-refractivity contribution in [1.82, 2.24) is 10.2 Å². The quantitative estimate of drug-likeness (QED) is 0.911. The largest absolute Gasteiger partial charge is 0.348 e. The van der Waals surface area contributed by atoms with Gasteiger partial charge in [-0.25, -0.2) is 0 Å². The van der Waals surface area contributed by atoms with E-state index in [0.29, 0.717) is 12.0 Å². The highest BCUT2D eigenvalue weighted by Crippen LogP contribution is 2.38. The second kappa shape index (κ2) is 5.42. The molecule has 0 aromatic heterocycles. The van der Waals surface area contributed by atoms with E-state index in [9.17, 15) is 4.79 Å². The number of hydrogen-bond acceptors (Lipinski definition) is 3. The lowest BCUT2D eigenvalue weighted by atomic mass is 9.83. The monoisotopic (exact) mass is 319 g/mol. The lowest BCUT2D eigenvalue weighted by molar-refractivity contribution is -0.119. The maximum Gasteiger partial charge on any atom is 0.251 e. The van der Waals surface area contributed by atoms with Crippen molar-refractivity contribution in [2.75, 3.05) is 19.6 Å². The number of piperidine rings is 3. The van der Waals surface area contributed by atoms with Crippen molar-refractivity contribution in [3.05, 3.63) is 47.6 Å². The van der Waals surface area contributed by atoms with E-state index in [1.807, 2.05) is 30.4 Å². The van der Waals surface area contributed by atoms with Gasteiger partial charge in [0.2, 0.25) is 0 Å². The van der Waals surface area contributed by atoms with E-state index in [2.05, 4.69) is 21.3 Å². The molecular weight excluding hydrogens is 298 g/mol. The number of nitrogens with zero attached hydrogens (tertiary/aromatic N) is 2. The first-order valence-electron chi connectivity index (χ1n) is 8.90. The molecule has 0 radical (unpaired) electrons. The molecule has 122 valence electrons. The highest BCUT2D eigenvalue weighted by molar-refractivity contribution is 6.31. The topological polar surface area (TPSA) is 44.7 Å². The predicted molar refractivity (Wildman–Crippen MR) is 95.3 cm³/mol. The standard InChI is InChI=1S/C20H21N3O/c24-20(22-19-12-23-9-7-13(19)8-10-23)14-5-6-18-16(11-14)15-3-1-2-4-17(15)21-18/h1-5,11,13,19H,6-10,12H2,(H,22,24)/t19-/m0/s1. The summed E-state index contributed by atoms with van der Waals surface area (Å²) in [5.74, 6) is 0.727. The summed E-state index contributed by atoms with van der Waals surface area (Å²) in [6.45, 7) is 3.40. The zero-order valence-corrected chi connectivity index (χ0v) is 13.7. The lowest BCUT2D eigenvalue weighted by Crippen LogP contribution is -2.57. The smallest absolute Gasteiger partial charge is 0.251 e. The number of carbonyl (C=O) groups is 1. The van der Waals surface area contributed by atoms with Crippen molar-refractivity contribution in [2.24, 2.45) is 10.9 Å². The third-order valence-electron chi connectivity index (χ3n) is 5.81. The molecule has 1 N–H and O–H groups in total. The van der Waals surface area contributed by atoms with Crippen LogP contribution >= 0.6 is 0 Å². The van der Waals surface area contributed by atoms with Crippen LogP contribution in [0.25, 0.3) is 5.57 Å². The van der Waals surface area contributed by atoms with E-state index < -0.39 is 0 Å². The number of hydrogen-bond donors (Lipinski definition) is 1. The third-order valence-corrected chi connectivity index (χ3v) is 5.81. The summed E-state index contributed by atoms with van der Waals surface area (Å²) in [7, 11) is 0. The molecule has 4 heterocycles. The number of allylic oxidation sites excluding steroid dienone is 2. The van der Waals surface area contributed by atoms with Gasteiger partial charge in [-0.15, -0.1) is 0 Å². The van der Waals surface area contributed by atoms with E-state index in [4.69, 9.17) is 0 Å². The Morgan fingerprint density at radius 2 is 2.04 bits per heavy atom. The van der Waals surface area contributed by atoms with Crippen LogP contribution in [0.15, 0.2) is 47.0 Å². The lowest BCUT2D eigenvalue weighted by Gasteiger charge is -2.45. The maximum atomic E-state index is 12.8. The minimum atomic E-state index is 0.0738. The summed E-state index contributed by atoms with van der Waals surface area (Å²) in [6, 6.07) is 8.48. The van der Waals surface area contributed by atoms with Crippen molar-refractivity contribution in [1.29, 1.82) is 0 Å². The summed E-state index contributed by atoms with van der Waals surface area (Å²) < 4.78 is 0. The summed E-state index contributed by atoms with van der Waals surface area (Å²) >= 11 is 0. The minimum absolute atomic E-state index is 0.0738. The van der Waals surface area contributed by atoms with Gasteiger partial charge in [0.1, 0.15) is 0 Å². The van der Waals surface area contributed by atoms with Gasteiger partial charge in [0.05, 0.1) is 11.4 Å². The van der Waals surface area contributed by atoms with Gasteiger partial charge in [-0.05, 0) is 44.0 Å². The Hall–Kier alpha value is -2.20. The number of amides is 1. The number of benzene rings is 1. The molecule has 1 aliphatic carbocycles. The van der Waals surface area contributed by atoms with Crippen molar-refractivity contribution in [3.8, 4) is 0 Å². The first-order chi connectivity index (χ1) is 11.8. The SMILES string of the molecule is O=C(N[C@H]1CN2CCC1CC2)C1=CCC2=Nc3ccccc3C2=C1. The van der Waals surface area contributed by atoms with E-state index in [1.165, 1.54) is 25.9 Å². The Bertz CT molecular complexity index is 797. The first kappa shape index (κ1) is 14.2. The van der Waals surface area contributed by atoms with Crippen LogP contribution in [0.2, 0.25) is 0 Å². The minimum Gasteiger partial charge on any atom is -0.348 e. The maximum absolute atomic E-state index is 12.8. The third kappa shape index (κ3) is 2.25. The van der Waals surface area contributed by atoms with E-state index in [1.54, 1.807) is 0 Å². The molecule has 6 rings (SSSR count). The van der Waals surface area contributed by atoms with Crippen molar-refractivity contribution < 1.29 is 4.79 Å². The number of nitrogens with one attached hydrogen (secondary N) is 1. The summed E-state index contributed by atoms with van der Waals surface area (Å²) in [4.78, 5) is 19.9. The van der Waals surface area contributed by atoms with Gasteiger partial charge in [0, 0.05) is 35.7 Å². The van der Waals surface area contributed by atoms with E-state index in [-0.39, 0.29) is 5.91 Å². The molecule has 1 aromatic rings. The normalized spacial score (nSPS) is 30.0. The Morgan fingerprint density at radius 3 is 2.83 bits per heavy atom. The predicted octanol–water partition coefficient (Wildman–Crippen LogP) is 2.70. The van der Waals surface area contributed by atoms with Gasteiger partial charge in [-0.2, -0.15) is 0 Å². The molecule has 3 saturated heterocycles. The van der Waals surface area contributed by atoms with Crippen LogP contribution in [0.5, 0.6) is 0 Å². The van der Waals surface area contributed by atoms with E-state index >= 15 is 0 Å². The average Bonchev–Trinajstić information content (AvgIpc) is 3.00. The fraction of sp³-hybridized carbons (Fsp3) is 0.400. The number of carbonyl (C=O) groups excluding carboxylic acids is 1. The van der Waals surface area contributed by atoms with Gasteiger partial charge in [-0.1, -0.05) is 24.3 Å². The van der Waals surface area contributed by atoms with Crippen LogP contribution in [0, 0.1) is 5.92 Å². The molecular formula is C20H21N3O. The molecule has 4 aliphatic heterocycles. The van der Waals surface area contributed by atoms with Gasteiger partial charge >= 0.3 is 0 Å². The second-order valence-electron chi connectivity index (χ2n) is 7.22. The Labute approximate surface area is 142 Å². The molecule has 0 unspecified atom stereocenters. The molecule has 4 nitrogen and oxygen atoms in total. The number of para-hydroxylation sites is 1. The zero-order valence-electron chi connectivity index (χ0n) is 13.7. The van der Waals surface area contributed by atoms with Crippen molar-refractivity contribution >= 4 is 22.9 Å². The van der Waals surface area contributed by atoms with Crippen LogP contribution in [0.4, 0.5) is 5.69 Å². The number of rotatable bonds is 2. The molecule has 24 heavy (non-hydrogen) atoms. The molecule has 3 fully saturated rings.